The van der Waals surface area contributed by atoms with Crippen molar-refractivity contribution in [3.8, 4) is 0 Å². The van der Waals surface area contributed by atoms with Crippen LogP contribution in [0.4, 0.5) is 18.9 Å². The molecule has 0 spiro atoms. The highest BCUT2D eigenvalue weighted by Crippen LogP contribution is 2.20. The third-order valence-electron chi connectivity index (χ3n) is 2.55. The van der Waals surface area contributed by atoms with E-state index < -0.39 is 34.6 Å². The predicted octanol–water partition coefficient (Wildman–Crippen LogP) is 2.56. The molecular weight excluding hydrogens is 245 g/mol. The van der Waals surface area contributed by atoms with Gasteiger partial charge in [-0.2, -0.15) is 0 Å². The fraction of sp³-hybridized carbons (Fsp3) is 0.417. The topological polar surface area (TPSA) is 55.1 Å². The molecule has 0 heterocycles. The minimum absolute atomic E-state index is 0.374. The third-order valence-corrected chi connectivity index (χ3v) is 2.55. The average molecular weight is 260 g/mol. The quantitative estimate of drug-likeness (QED) is 0.817. The van der Waals surface area contributed by atoms with E-state index in [1.54, 1.807) is 0 Å². The van der Waals surface area contributed by atoms with E-state index >= 15 is 0 Å². The van der Waals surface area contributed by atoms with Crippen molar-refractivity contribution in [3.63, 3.8) is 0 Å². The molecule has 3 N–H and O–H groups in total. The van der Waals surface area contributed by atoms with Crippen LogP contribution in [0.2, 0.25) is 0 Å². The summed E-state index contributed by atoms with van der Waals surface area (Å²) in [6, 6.07) is 0.962. The Bertz CT molecular complexity index is 461. The molecule has 1 aromatic carbocycles. The van der Waals surface area contributed by atoms with Gasteiger partial charge in [-0.15, -0.1) is 0 Å². The maximum atomic E-state index is 13.3. The van der Waals surface area contributed by atoms with Gasteiger partial charge in [-0.1, -0.05) is 13.3 Å². The number of hydrogen-bond donors (Lipinski definition) is 2. The molecule has 0 aliphatic carbocycles. The highest BCUT2D eigenvalue weighted by molar-refractivity contribution is 5.97. The molecule has 1 aromatic rings. The molecule has 1 rings (SSSR count). The molecule has 1 atom stereocenters. The fourth-order valence-corrected chi connectivity index (χ4v) is 1.52. The largest absolute Gasteiger partial charge is 0.322 e. The Morgan fingerprint density at radius 2 is 1.83 bits per heavy atom. The molecule has 0 aliphatic heterocycles. The van der Waals surface area contributed by atoms with E-state index in [0.717, 1.165) is 0 Å². The SMILES string of the molecule is CCCC(C)(N)C(=O)Nc1cc(F)c(F)cc1F. The number of carbonyl (C=O) groups excluding carboxylic acids is 1. The number of nitrogens with two attached hydrogens (primary N) is 1. The minimum atomic E-state index is -1.31. The van der Waals surface area contributed by atoms with Crippen LogP contribution in [0.3, 0.4) is 0 Å². The first-order valence-corrected chi connectivity index (χ1v) is 5.53. The summed E-state index contributed by atoms with van der Waals surface area (Å²) in [6.07, 6.45) is 1.06. The predicted molar refractivity (Wildman–Crippen MR) is 62.4 cm³/mol. The third kappa shape index (κ3) is 3.22. The van der Waals surface area contributed by atoms with Crippen LogP contribution in [0, 0.1) is 17.5 Å². The zero-order valence-electron chi connectivity index (χ0n) is 10.2. The van der Waals surface area contributed by atoms with Gasteiger partial charge in [0.25, 0.3) is 0 Å². The van der Waals surface area contributed by atoms with Gasteiger partial charge in [-0.05, 0) is 13.3 Å². The molecular formula is C12H15F3N2O. The maximum absolute atomic E-state index is 13.3. The number of hydrogen-bond acceptors (Lipinski definition) is 2. The zero-order valence-corrected chi connectivity index (χ0v) is 10.2. The van der Waals surface area contributed by atoms with Gasteiger partial charge < -0.3 is 11.1 Å². The van der Waals surface area contributed by atoms with Crippen molar-refractivity contribution in [1.82, 2.24) is 0 Å². The van der Waals surface area contributed by atoms with Gasteiger partial charge in [0.1, 0.15) is 5.82 Å². The average Bonchev–Trinajstić information content (AvgIpc) is 2.25. The van der Waals surface area contributed by atoms with Gasteiger partial charge in [-0.3, -0.25) is 4.79 Å². The number of amides is 1. The summed E-state index contributed by atoms with van der Waals surface area (Å²) in [5.41, 5.74) is 4.12. The Hall–Kier alpha value is -1.56. The van der Waals surface area contributed by atoms with E-state index in [0.29, 0.717) is 25.0 Å². The van der Waals surface area contributed by atoms with E-state index in [4.69, 9.17) is 5.73 Å². The van der Waals surface area contributed by atoms with Crippen molar-refractivity contribution in [2.24, 2.45) is 5.73 Å². The minimum Gasteiger partial charge on any atom is -0.322 e. The van der Waals surface area contributed by atoms with Crippen molar-refractivity contribution >= 4 is 11.6 Å². The van der Waals surface area contributed by atoms with Crippen LogP contribution < -0.4 is 11.1 Å². The molecule has 0 bridgehead atoms. The van der Waals surface area contributed by atoms with Crippen molar-refractivity contribution in [2.75, 3.05) is 5.32 Å². The summed E-state index contributed by atoms with van der Waals surface area (Å²) in [4.78, 5) is 11.8. The van der Waals surface area contributed by atoms with Crippen molar-refractivity contribution < 1.29 is 18.0 Å². The highest BCUT2D eigenvalue weighted by atomic mass is 19.2. The lowest BCUT2D eigenvalue weighted by molar-refractivity contribution is -0.120. The summed E-state index contributed by atoms with van der Waals surface area (Å²) in [6.45, 7) is 3.33. The number of nitrogens with one attached hydrogen (secondary N) is 1. The zero-order chi connectivity index (χ0) is 13.9. The van der Waals surface area contributed by atoms with Crippen LogP contribution in [0.5, 0.6) is 0 Å². The second-order valence-corrected chi connectivity index (χ2v) is 4.37. The molecule has 0 fully saturated rings. The first-order valence-electron chi connectivity index (χ1n) is 5.53. The van der Waals surface area contributed by atoms with E-state index in [1.807, 2.05) is 6.92 Å². The van der Waals surface area contributed by atoms with Crippen LogP contribution in [0.15, 0.2) is 12.1 Å². The molecule has 0 aromatic heterocycles. The Kier molecular flexibility index (Phi) is 4.34. The summed E-state index contributed by atoms with van der Waals surface area (Å²) in [7, 11) is 0. The molecule has 18 heavy (non-hydrogen) atoms. The lowest BCUT2D eigenvalue weighted by Crippen LogP contribution is -2.48. The Labute approximate surface area is 103 Å². The normalized spacial score (nSPS) is 14.1. The van der Waals surface area contributed by atoms with E-state index in [9.17, 15) is 18.0 Å². The maximum Gasteiger partial charge on any atom is 0.244 e. The van der Waals surface area contributed by atoms with Crippen LogP contribution in [0.25, 0.3) is 0 Å². The molecule has 0 radical (unpaired) electrons. The van der Waals surface area contributed by atoms with Crippen LogP contribution in [-0.2, 0) is 4.79 Å². The number of benzene rings is 1. The van der Waals surface area contributed by atoms with Crippen LogP contribution in [-0.4, -0.2) is 11.4 Å². The molecule has 6 heteroatoms. The van der Waals surface area contributed by atoms with Crippen LogP contribution in [0.1, 0.15) is 26.7 Å². The van der Waals surface area contributed by atoms with Gasteiger partial charge in [0.2, 0.25) is 5.91 Å². The highest BCUT2D eigenvalue weighted by Gasteiger charge is 2.28. The molecule has 0 saturated heterocycles. The van der Waals surface area contributed by atoms with E-state index in [-0.39, 0.29) is 0 Å². The lowest BCUT2D eigenvalue weighted by atomic mass is 9.96. The molecule has 0 saturated carbocycles. The number of halogens is 3. The second-order valence-electron chi connectivity index (χ2n) is 4.37. The first-order chi connectivity index (χ1) is 8.27. The smallest absolute Gasteiger partial charge is 0.244 e. The second kappa shape index (κ2) is 5.39. The summed E-state index contributed by atoms with van der Waals surface area (Å²) >= 11 is 0. The van der Waals surface area contributed by atoms with Gasteiger partial charge in [0.05, 0.1) is 11.2 Å². The van der Waals surface area contributed by atoms with Gasteiger partial charge >= 0.3 is 0 Å². The molecule has 3 nitrogen and oxygen atoms in total. The summed E-state index contributed by atoms with van der Waals surface area (Å²) in [5.74, 6) is -4.24. The Morgan fingerprint density at radius 1 is 1.28 bits per heavy atom. The van der Waals surface area contributed by atoms with Crippen LogP contribution >= 0.6 is 0 Å². The van der Waals surface area contributed by atoms with E-state index in [1.165, 1.54) is 6.92 Å². The summed E-state index contributed by atoms with van der Waals surface area (Å²) in [5, 5.41) is 2.16. The molecule has 100 valence electrons. The first kappa shape index (κ1) is 14.5. The van der Waals surface area contributed by atoms with Crippen molar-refractivity contribution in [3.05, 3.63) is 29.6 Å². The van der Waals surface area contributed by atoms with Gasteiger partial charge in [0.15, 0.2) is 11.6 Å². The molecule has 1 amide bonds. The van der Waals surface area contributed by atoms with Crippen molar-refractivity contribution in [2.45, 2.75) is 32.2 Å². The Balaban J connectivity index is 2.92. The fourth-order valence-electron chi connectivity index (χ4n) is 1.52. The van der Waals surface area contributed by atoms with Gasteiger partial charge in [-0.25, -0.2) is 13.2 Å². The monoisotopic (exact) mass is 260 g/mol. The lowest BCUT2D eigenvalue weighted by Gasteiger charge is -2.23. The summed E-state index contributed by atoms with van der Waals surface area (Å²) < 4.78 is 38.9. The molecule has 1 unspecified atom stereocenters. The standard InChI is InChI=1S/C12H15F3N2O/c1-3-4-12(2,16)11(18)17-10-6-8(14)7(13)5-9(10)15/h5-6H,3-4,16H2,1-2H3,(H,17,18). The van der Waals surface area contributed by atoms with E-state index in [2.05, 4.69) is 5.32 Å². The number of rotatable bonds is 4. The number of anilines is 1. The number of carbonyl (C=O) groups is 1. The van der Waals surface area contributed by atoms with Crippen molar-refractivity contribution in [1.29, 1.82) is 0 Å². The Morgan fingerprint density at radius 3 is 2.39 bits per heavy atom. The molecule has 0 aliphatic rings. The van der Waals surface area contributed by atoms with Gasteiger partial charge in [0, 0.05) is 12.1 Å².